The van der Waals surface area contributed by atoms with Crippen LogP contribution in [0, 0.1) is 13.8 Å². The number of aliphatic imine (C=N–C) groups is 1. The molecule has 0 bridgehead atoms. The van der Waals surface area contributed by atoms with Gasteiger partial charge in [-0.3, -0.25) is 9.67 Å². The highest BCUT2D eigenvalue weighted by molar-refractivity contribution is 5.93. The third-order valence-corrected chi connectivity index (χ3v) is 3.89. The van der Waals surface area contributed by atoms with Crippen LogP contribution in [0.5, 0.6) is 11.5 Å². The molecule has 0 saturated carbocycles. The van der Waals surface area contributed by atoms with Gasteiger partial charge in [0.25, 0.3) is 0 Å². The van der Waals surface area contributed by atoms with Crippen LogP contribution in [0.1, 0.15) is 24.7 Å². The van der Waals surface area contributed by atoms with Crippen LogP contribution >= 0.6 is 0 Å². The van der Waals surface area contributed by atoms with Gasteiger partial charge in [-0.25, -0.2) is 0 Å². The highest BCUT2D eigenvalue weighted by Gasteiger charge is 2.06. The molecule has 26 heavy (non-hydrogen) atoms. The minimum atomic E-state index is 0.679. The van der Waals surface area contributed by atoms with Gasteiger partial charge in [0, 0.05) is 37.1 Å². The summed E-state index contributed by atoms with van der Waals surface area (Å²) in [5, 5.41) is 11.0. The van der Waals surface area contributed by atoms with Crippen molar-refractivity contribution in [2.75, 3.05) is 32.6 Å². The quantitative estimate of drug-likeness (QED) is 0.431. The second-order valence-corrected chi connectivity index (χ2v) is 5.96. The molecule has 1 aromatic heterocycles. The first-order chi connectivity index (χ1) is 12.6. The van der Waals surface area contributed by atoms with Gasteiger partial charge in [0.1, 0.15) is 0 Å². The van der Waals surface area contributed by atoms with Crippen LogP contribution in [0.15, 0.2) is 29.3 Å². The number of aryl methyl sites for hydroxylation is 3. The Bertz CT molecular complexity index is 740. The largest absolute Gasteiger partial charge is 0.493 e. The van der Waals surface area contributed by atoms with Crippen molar-refractivity contribution in [2.24, 2.45) is 4.99 Å². The molecule has 7 heteroatoms. The summed E-state index contributed by atoms with van der Waals surface area (Å²) >= 11 is 0. The van der Waals surface area contributed by atoms with Crippen LogP contribution in [0.4, 0.5) is 5.69 Å². The summed E-state index contributed by atoms with van der Waals surface area (Å²) in [6.07, 6.45) is 0.921. The number of ether oxygens (including phenoxy) is 2. The zero-order chi connectivity index (χ0) is 18.9. The van der Waals surface area contributed by atoms with Crippen LogP contribution in [-0.4, -0.2) is 43.0 Å². The maximum atomic E-state index is 5.34. The fourth-order valence-electron chi connectivity index (χ4n) is 2.67. The summed E-state index contributed by atoms with van der Waals surface area (Å²) < 4.78 is 12.6. The molecule has 2 aromatic rings. The molecule has 2 rings (SSSR count). The van der Waals surface area contributed by atoms with Crippen molar-refractivity contribution in [3.05, 3.63) is 35.7 Å². The second-order valence-electron chi connectivity index (χ2n) is 5.96. The lowest BCUT2D eigenvalue weighted by molar-refractivity contribution is 0.355. The standard InChI is InChI=1S/C19H29N5O2/c1-6-20-19(21-10-7-11-24-15(3)12-14(2)23-24)22-16-8-9-17(25-4)18(13-16)26-5/h8-9,12-13H,6-7,10-11H2,1-5H3,(H2,20,21,22). The third kappa shape index (κ3) is 5.40. The predicted molar refractivity (Wildman–Crippen MR) is 105 cm³/mol. The van der Waals surface area contributed by atoms with E-state index in [9.17, 15) is 0 Å². The van der Waals surface area contributed by atoms with Crippen LogP contribution in [-0.2, 0) is 6.54 Å². The Labute approximate surface area is 155 Å². The van der Waals surface area contributed by atoms with E-state index in [1.165, 1.54) is 5.69 Å². The van der Waals surface area contributed by atoms with Crippen LogP contribution in [0.2, 0.25) is 0 Å². The van der Waals surface area contributed by atoms with Gasteiger partial charge >= 0.3 is 0 Å². The number of nitrogens with zero attached hydrogens (tertiary/aromatic N) is 3. The van der Waals surface area contributed by atoms with Crippen LogP contribution in [0.3, 0.4) is 0 Å². The van der Waals surface area contributed by atoms with Crippen molar-refractivity contribution in [2.45, 2.75) is 33.7 Å². The summed E-state index contributed by atoms with van der Waals surface area (Å²) in [5.41, 5.74) is 3.12. The normalized spacial score (nSPS) is 11.3. The number of methoxy groups -OCH3 is 2. The first kappa shape index (κ1) is 19.6. The summed E-state index contributed by atoms with van der Waals surface area (Å²) in [4.78, 5) is 4.64. The topological polar surface area (TPSA) is 72.7 Å². The zero-order valence-electron chi connectivity index (χ0n) is 16.3. The van der Waals surface area contributed by atoms with E-state index in [1.54, 1.807) is 14.2 Å². The molecule has 1 heterocycles. The van der Waals surface area contributed by atoms with Gasteiger partial charge in [-0.15, -0.1) is 0 Å². The Morgan fingerprint density at radius 1 is 1.15 bits per heavy atom. The predicted octanol–water partition coefficient (Wildman–Crippen LogP) is 2.98. The van der Waals surface area contributed by atoms with Crippen molar-refractivity contribution in [3.8, 4) is 11.5 Å². The van der Waals surface area contributed by atoms with E-state index in [4.69, 9.17) is 9.47 Å². The van der Waals surface area contributed by atoms with Crippen molar-refractivity contribution in [1.82, 2.24) is 15.1 Å². The number of rotatable bonds is 8. The summed E-state index contributed by atoms with van der Waals surface area (Å²) in [6.45, 7) is 8.49. The monoisotopic (exact) mass is 359 g/mol. The van der Waals surface area contributed by atoms with E-state index in [2.05, 4.69) is 33.7 Å². The number of hydrogen-bond donors (Lipinski definition) is 2. The molecule has 2 N–H and O–H groups in total. The fraction of sp³-hybridized carbons (Fsp3) is 0.474. The van der Waals surface area contributed by atoms with Gasteiger partial charge in [-0.05, 0) is 45.4 Å². The van der Waals surface area contributed by atoms with Gasteiger partial charge < -0.3 is 20.1 Å². The van der Waals surface area contributed by atoms with Crippen LogP contribution in [0.25, 0.3) is 0 Å². The Morgan fingerprint density at radius 3 is 2.54 bits per heavy atom. The summed E-state index contributed by atoms with van der Waals surface area (Å²) in [7, 11) is 3.25. The SMILES string of the molecule is CCNC(=NCCCn1nc(C)cc1C)Nc1ccc(OC)c(OC)c1. The zero-order valence-corrected chi connectivity index (χ0v) is 16.3. The number of anilines is 1. The minimum Gasteiger partial charge on any atom is -0.493 e. The molecular formula is C19H29N5O2. The first-order valence-electron chi connectivity index (χ1n) is 8.85. The molecule has 0 aliphatic carbocycles. The Hall–Kier alpha value is -2.70. The molecule has 1 aromatic carbocycles. The van der Waals surface area contributed by atoms with Gasteiger partial charge in [-0.1, -0.05) is 0 Å². The highest BCUT2D eigenvalue weighted by Crippen LogP contribution is 2.29. The second kappa shape index (κ2) is 9.70. The lowest BCUT2D eigenvalue weighted by atomic mass is 10.3. The van der Waals surface area contributed by atoms with Crippen molar-refractivity contribution in [1.29, 1.82) is 0 Å². The van der Waals surface area contributed by atoms with E-state index in [-0.39, 0.29) is 0 Å². The fourth-order valence-corrected chi connectivity index (χ4v) is 2.67. The van der Waals surface area contributed by atoms with E-state index in [0.29, 0.717) is 18.0 Å². The van der Waals surface area contributed by atoms with E-state index < -0.39 is 0 Å². The molecule has 142 valence electrons. The maximum Gasteiger partial charge on any atom is 0.195 e. The molecule has 7 nitrogen and oxygen atoms in total. The Balaban J connectivity index is 1.96. The maximum absolute atomic E-state index is 5.34. The molecule has 0 aliphatic rings. The van der Waals surface area contributed by atoms with Crippen molar-refractivity contribution < 1.29 is 9.47 Å². The van der Waals surface area contributed by atoms with Gasteiger partial charge in [0.15, 0.2) is 17.5 Å². The smallest absolute Gasteiger partial charge is 0.195 e. The molecule has 0 fully saturated rings. The number of benzene rings is 1. The summed E-state index contributed by atoms with van der Waals surface area (Å²) in [6, 6.07) is 7.78. The van der Waals surface area contributed by atoms with E-state index in [0.717, 1.165) is 36.9 Å². The van der Waals surface area contributed by atoms with Gasteiger partial charge in [0.2, 0.25) is 0 Å². The van der Waals surface area contributed by atoms with Gasteiger partial charge in [0.05, 0.1) is 19.9 Å². The third-order valence-electron chi connectivity index (χ3n) is 3.89. The van der Waals surface area contributed by atoms with Crippen molar-refractivity contribution in [3.63, 3.8) is 0 Å². The molecule has 0 amide bonds. The minimum absolute atomic E-state index is 0.679. The van der Waals surface area contributed by atoms with E-state index in [1.807, 2.05) is 36.7 Å². The molecule has 0 radical (unpaired) electrons. The number of guanidine groups is 1. The highest BCUT2D eigenvalue weighted by atomic mass is 16.5. The molecule has 0 spiro atoms. The number of aromatic nitrogens is 2. The molecule has 0 aliphatic heterocycles. The number of nitrogens with one attached hydrogen (secondary N) is 2. The van der Waals surface area contributed by atoms with Crippen LogP contribution < -0.4 is 20.1 Å². The Morgan fingerprint density at radius 2 is 1.92 bits per heavy atom. The van der Waals surface area contributed by atoms with Gasteiger partial charge in [-0.2, -0.15) is 5.10 Å². The molecule has 0 saturated heterocycles. The lowest BCUT2D eigenvalue weighted by Crippen LogP contribution is -2.30. The lowest BCUT2D eigenvalue weighted by Gasteiger charge is -2.14. The first-order valence-corrected chi connectivity index (χ1v) is 8.85. The number of hydrogen-bond acceptors (Lipinski definition) is 4. The molecule has 0 unspecified atom stereocenters. The molecule has 0 atom stereocenters. The molecular weight excluding hydrogens is 330 g/mol. The average molecular weight is 359 g/mol. The Kier molecular flexibility index (Phi) is 7.32. The van der Waals surface area contributed by atoms with Crippen molar-refractivity contribution >= 4 is 11.6 Å². The average Bonchev–Trinajstić information content (AvgIpc) is 2.95. The summed E-state index contributed by atoms with van der Waals surface area (Å²) in [5.74, 6) is 2.12. The van der Waals surface area contributed by atoms with E-state index >= 15 is 0 Å².